The number of aromatic nitrogens is 2. The summed E-state index contributed by atoms with van der Waals surface area (Å²) in [5, 5.41) is 2.70. The second kappa shape index (κ2) is 10.4. The number of hydrogen-bond acceptors (Lipinski definition) is 8. The lowest BCUT2D eigenvalue weighted by molar-refractivity contribution is -0.280. The number of primary amides is 1. The largest absolute Gasteiger partial charge is 0.490 e. The molecule has 206 valence electrons. The first-order valence-electron chi connectivity index (χ1n) is 10.9. The summed E-state index contributed by atoms with van der Waals surface area (Å²) in [5.41, 5.74) is 4.37. The molecule has 10 nitrogen and oxygen atoms in total. The Bertz CT molecular complexity index is 1250. The molecule has 1 aromatic heterocycles. The van der Waals surface area contributed by atoms with Crippen LogP contribution in [0.25, 0.3) is 11.3 Å². The van der Waals surface area contributed by atoms with Gasteiger partial charge in [-0.05, 0) is 31.4 Å². The zero-order chi connectivity index (χ0) is 28.5. The number of alkyl halides is 6. The van der Waals surface area contributed by atoms with Crippen LogP contribution in [-0.2, 0) is 24.7 Å². The van der Waals surface area contributed by atoms with Crippen LogP contribution < -0.4 is 16.8 Å². The van der Waals surface area contributed by atoms with E-state index in [1.807, 2.05) is 0 Å². The Morgan fingerprint density at radius 2 is 1.74 bits per heavy atom. The van der Waals surface area contributed by atoms with Gasteiger partial charge in [0.05, 0.1) is 11.9 Å². The molecule has 1 aromatic carbocycles. The fourth-order valence-electron chi connectivity index (χ4n) is 3.72. The number of halogens is 6. The Morgan fingerprint density at radius 1 is 1.11 bits per heavy atom. The molecule has 1 aliphatic rings. The molecule has 2 amide bonds. The van der Waals surface area contributed by atoms with E-state index in [1.165, 1.54) is 6.92 Å². The highest BCUT2D eigenvalue weighted by molar-refractivity contribution is 5.97. The Labute approximate surface area is 210 Å². The number of carbonyl (C=O) groups is 3. The van der Waals surface area contributed by atoms with E-state index in [9.17, 15) is 40.7 Å². The van der Waals surface area contributed by atoms with Gasteiger partial charge in [0.1, 0.15) is 0 Å². The second-order valence-corrected chi connectivity index (χ2v) is 8.31. The molecule has 0 saturated carbocycles. The molecule has 0 radical (unpaired) electrons. The zero-order valence-electron chi connectivity index (χ0n) is 19.6. The Morgan fingerprint density at radius 3 is 2.29 bits per heavy atom. The second-order valence-electron chi connectivity index (χ2n) is 8.31. The van der Waals surface area contributed by atoms with Gasteiger partial charge < -0.3 is 26.3 Å². The number of anilines is 1. The molecule has 2 aromatic rings. The summed E-state index contributed by atoms with van der Waals surface area (Å²) in [6.07, 6.45) is -9.72. The number of esters is 1. The van der Waals surface area contributed by atoms with E-state index < -0.39 is 41.3 Å². The lowest BCUT2D eigenvalue weighted by Gasteiger charge is -2.33. The summed E-state index contributed by atoms with van der Waals surface area (Å²) >= 11 is 0. The van der Waals surface area contributed by atoms with Crippen molar-refractivity contribution in [3.8, 4) is 11.3 Å². The van der Waals surface area contributed by atoms with Crippen molar-refractivity contribution in [3.63, 3.8) is 0 Å². The topological polar surface area (TPSA) is 160 Å². The number of hydrogen-bond donors (Lipinski definition) is 3. The minimum atomic E-state index is -5.90. The number of rotatable bonds is 6. The maximum Gasteiger partial charge on any atom is 0.490 e. The molecular weight excluding hydrogens is 528 g/mol. The third-order valence-corrected chi connectivity index (χ3v) is 5.72. The standard InChI is InChI=1S/C22H21F6N5O5/c1-10-2-3-11(20(18(30)35,22(26,27)28)38-19(36)21(23,24)25)8-13(10)14-9-31-16(29)15(33-14)17(34)32-12-4-6-37-7-5-12/h2-3,8-9,12H,4-7H2,1H3,(H2,29,31)(H2,30,35)(H,32,34). The molecule has 2 heterocycles. The van der Waals surface area contributed by atoms with E-state index in [2.05, 4.69) is 20.0 Å². The van der Waals surface area contributed by atoms with Crippen molar-refractivity contribution in [3.05, 3.63) is 41.2 Å². The monoisotopic (exact) mass is 549 g/mol. The van der Waals surface area contributed by atoms with Crippen LogP contribution in [-0.4, -0.2) is 59.4 Å². The maximum absolute atomic E-state index is 14.1. The SMILES string of the molecule is Cc1ccc(C(OC(=O)C(F)(F)F)(C(N)=O)C(F)(F)F)cc1-c1cnc(N)c(C(=O)NC2CCOCC2)n1. The predicted octanol–water partition coefficient (Wildman–Crippen LogP) is 2.29. The Kier molecular flexibility index (Phi) is 7.86. The van der Waals surface area contributed by atoms with Crippen molar-refractivity contribution in [1.82, 2.24) is 15.3 Å². The molecule has 5 N–H and O–H groups in total. The number of nitrogens with one attached hydrogen (secondary N) is 1. The van der Waals surface area contributed by atoms with Crippen molar-refractivity contribution in [2.45, 2.75) is 43.8 Å². The molecule has 1 aliphatic heterocycles. The number of carbonyl (C=O) groups excluding carboxylic acids is 3. The van der Waals surface area contributed by atoms with Crippen LogP contribution in [0.3, 0.4) is 0 Å². The third-order valence-electron chi connectivity index (χ3n) is 5.72. The van der Waals surface area contributed by atoms with Crippen LogP contribution in [0, 0.1) is 6.92 Å². The van der Waals surface area contributed by atoms with Gasteiger partial charge in [0, 0.05) is 30.4 Å². The molecule has 0 aliphatic carbocycles. The molecule has 1 unspecified atom stereocenters. The van der Waals surface area contributed by atoms with Crippen LogP contribution in [0.2, 0.25) is 0 Å². The van der Waals surface area contributed by atoms with Gasteiger partial charge in [-0.15, -0.1) is 0 Å². The molecule has 0 spiro atoms. The Hall–Kier alpha value is -3.95. The summed E-state index contributed by atoms with van der Waals surface area (Å²) in [7, 11) is 0. The van der Waals surface area contributed by atoms with E-state index in [4.69, 9.17) is 16.2 Å². The van der Waals surface area contributed by atoms with Crippen molar-refractivity contribution in [2.75, 3.05) is 18.9 Å². The van der Waals surface area contributed by atoms with E-state index in [0.717, 1.165) is 12.3 Å². The minimum absolute atomic E-state index is 0.187. The van der Waals surface area contributed by atoms with Crippen LogP contribution in [0.4, 0.5) is 32.2 Å². The number of aryl methyl sites for hydroxylation is 1. The van der Waals surface area contributed by atoms with Gasteiger partial charge in [-0.3, -0.25) is 9.59 Å². The van der Waals surface area contributed by atoms with E-state index in [0.29, 0.717) is 38.2 Å². The van der Waals surface area contributed by atoms with Gasteiger partial charge in [-0.1, -0.05) is 12.1 Å². The minimum Gasteiger partial charge on any atom is -0.427 e. The third kappa shape index (κ3) is 5.64. The summed E-state index contributed by atoms with van der Waals surface area (Å²) in [6.45, 7) is 2.23. The number of nitrogens with zero attached hydrogens (tertiary/aromatic N) is 2. The van der Waals surface area contributed by atoms with Crippen molar-refractivity contribution in [1.29, 1.82) is 0 Å². The average Bonchev–Trinajstić information content (AvgIpc) is 2.82. The normalized spacial score (nSPS) is 16.4. The summed E-state index contributed by atoms with van der Waals surface area (Å²) < 4.78 is 89.6. The number of nitrogen functional groups attached to an aromatic ring is 1. The molecule has 0 bridgehead atoms. The molecular formula is C22H21F6N5O5. The summed E-state index contributed by atoms with van der Waals surface area (Å²) in [6, 6.07) is 2.01. The van der Waals surface area contributed by atoms with Gasteiger partial charge in [-0.2, -0.15) is 26.3 Å². The van der Waals surface area contributed by atoms with Crippen LogP contribution in [0.5, 0.6) is 0 Å². The highest BCUT2D eigenvalue weighted by Crippen LogP contribution is 2.44. The van der Waals surface area contributed by atoms with Gasteiger partial charge in [0.25, 0.3) is 11.8 Å². The van der Waals surface area contributed by atoms with Crippen LogP contribution >= 0.6 is 0 Å². The molecule has 3 rings (SSSR count). The van der Waals surface area contributed by atoms with E-state index in [-0.39, 0.29) is 34.4 Å². The van der Waals surface area contributed by atoms with Gasteiger partial charge >= 0.3 is 23.9 Å². The first-order chi connectivity index (χ1) is 17.6. The number of amides is 2. The van der Waals surface area contributed by atoms with Gasteiger partial charge in [0.2, 0.25) is 0 Å². The fourth-order valence-corrected chi connectivity index (χ4v) is 3.72. The first kappa shape index (κ1) is 28.6. The van der Waals surface area contributed by atoms with Crippen LogP contribution in [0.15, 0.2) is 24.4 Å². The number of nitrogens with two attached hydrogens (primary N) is 2. The highest BCUT2D eigenvalue weighted by Gasteiger charge is 2.66. The van der Waals surface area contributed by atoms with E-state index >= 15 is 0 Å². The lowest BCUT2D eigenvalue weighted by atomic mass is 9.88. The molecule has 38 heavy (non-hydrogen) atoms. The summed E-state index contributed by atoms with van der Waals surface area (Å²) in [4.78, 5) is 44.1. The fraction of sp³-hybridized carbons (Fsp3) is 0.409. The van der Waals surface area contributed by atoms with Gasteiger partial charge in [0.15, 0.2) is 11.5 Å². The van der Waals surface area contributed by atoms with Crippen molar-refractivity contribution >= 4 is 23.6 Å². The number of benzene rings is 1. The zero-order valence-corrected chi connectivity index (χ0v) is 19.6. The quantitative estimate of drug-likeness (QED) is 0.366. The lowest BCUT2D eigenvalue weighted by Crippen LogP contribution is -2.57. The summed E-state index contributed by atoms with van der Waals surface area (Å²) in [5.74, 6) is -6.72. The maximum atomic E-state index is 14.1. The highest BCUT2D eigenvalue weighted by atomic mass is 19.4. The molecule has 1 saturated heterocycles. The van der Waals surface area contributed by atoms with Crippen LogP contribution in [0.1, 0.15) is 34.5 Å². The first-order valence-corrected chi connectivity index (χ1v) is 10.9. The average molecular weight is 549 g/mol. The molecule has 1 atom stereocenters. The van der Waals surface area contributed by atoms with E-state index in [1.54, 1.807) is 0 Å². The predicted molar refractivity (Wildman–Crippen MR) is 117 cm³/mol. The van der Waals surface area contributed by atoms with Crippen molar-refractivity contribution in [2.24, 2.45) is 5.73 Å². The molecule has 16 heteroatoms. The Balaban J connectivity index is 2.10. The number of ether oxygens (including phenoxy) is 2. The molecule has 1 fully saturated rings. The van der Waals surface area contributed by atoms with Gasteiger partial charge in [-0.25, -0.2) is 14.8 Å². The van der Waals surface area contributed by atoms with Crippen molar-refractivity contribution < 1.29 is 50.2 Å². The smallest absolute Gasteiger partial charge is 0.427 e.